The molecule has 1 heterocycles. The quantitative estimate of drug-likeness (QED) is 0.481. The molecule has 0 saturated heterocycles. The van der Waals surface area contributed by atoms with E-state index in [1.54, 1.807) is 6.07 Å². The Morgan fingerprint density at radius 2 is 1.46 bits per heavy atom. The molecule has 1 aromatic heterocycles. The van der Waals surface area contributed by atoms with Crippen LogP contribution >= 0.6 is 0 Å². The number of nitrogens with zero attached hydrogens (tertiary/aromatic N) is 1. The van der Waals surface area contributed by atoms with Crippen molar-refractivity contribution < 1.29 is 4.39 Å². The van der Waals surface area contributed by atoms with E-state index in [1.807, 2.05) is 24.4 Å². The van der Waals surface area contributed by atoms with Crippen LogP contribution in [0.1, 0.15) is 52.7 Å². The Kier molecular flexibility index (Phi) is 3.41. The Morgan fingerprint density at radius 3 is 2.15 bits per heavy atom. The number of pyridine rings is 1. The Bertz CT molecular complexity index is 1030. The largest absolute Gasteiger partial charge is 0.256 e. The predicted molar refractivity (Wildman–Crippen MR) is 107 cm³/mol. The second-order valence-electron chi connectivity index (χ2n) is 9.17. The molecule has 0 fully saturated rings. The highest BCUT2D eigenvalue weighted by Gasteiger charge is 2.58. The number of aromatic nitrogens is 1. The highest BCUT2D eigenvalue weighted by atomic mass is 19.1. The van der Waals surface area contributed by atoms with Gasteiger partial charge >= 0.3 is 0 Å². The molecule has 2 aromatic carbocycles. The van der Waals surface area contributed by atoms with Crippen LogP contribution in [0.2, 0.25) is 0 Å². The van der Waals surface area contributed by atoms with E-state index < -0.39 is 0 Å². The average molecular weight is 347 g/mol. The first-order chi connectivity index (χ1) is 12.1. The highest BCUT2D eigenvalue weighted by molar-refractivity contribution is 5.85. The zero-order valence-electron chi connectivity index (χ0n) is 16.4. The molecular weight excluding hydrogens is 321 g/mol. The predicted octanol–water partition coefficient (Wildman–Crippen LogP) is 6.64. The van der Waals surface area contributed by atoms with Gasteiger partial charge in [-0.1, -0.05) is 65.8 Å². The molecule has 0 spiro atoms. The summed E-state index contributed by atoms with van der Waals surface area (Å²) in [6.45, 7) is 13.3. The molecule has 0 bridgehead atoms. The number of hydrogen-bond acceptors (Lipinski definition) is 1. The molecule has 0 unspecified atom stereocenters. The molecule has 26 heavy (non-hydrogen) atoms. The van der Waals surface area contributed by atoms with Crippen LogP contribution in [0.5, 0.6) is 0 Å². The molecule has 2 heteroatoms. The van der Waals surface area contributed by atoms with Gasteiger partial charge in [0.2, 0.25) is 0 Å². The van der Waals surface area contributed by atoms with Gasteiger partial charge in [0.15, 0.2) is 0 Å². The van der Waals surface area contributed by atoms with Gasteiger partial charge in [0, 0.05) is 17.1 Å². The summed E-state index contributed by atoms with van der Waals surface area (Å²) in [4.78, 5) is 4.60. The number of hydrogen-bond donors (Lipinski definition) is 0. The molecule has 0 N–H and O–H groups in total. The van der Waals surface area contributed by atoms with Crippen LogP contribution in [0.25, 0.3) is 22.0 Å². The molecule has 1 aliphatic rings. The zero-order valence-corrected chi connectivity index (χ0v) is 16.4. The molecule has 0 atom stereocenters. The minimum Gasteiger partial charge on any atom is -0.256 e. The number of fused-ring (bicyclic) bond motifs is 2. The summed E-state index contributed by atoms with van der Waals surface area (Å²) < 4.78 is 15.3. The molecule has 0 radical (unpaired) electrons. The first kappa shape index (κ1) is 17.2. The van der Waals surface area contributed by atoms with Crippen LogP contribution in [0, 0.1) is 11.2 Å². The van der Waals surface area contributed by atoms with E-state index in [-0.39, 0.29) is 22.1 Å². The first-order valence-corrected chi connectivity index (χ1v) is 9.27. The van der Waals surface area contributed by atoms with Crippen LogP contribution in [0.3, 0.4) is 0 Å². The lowest BCUT2D eigenvalue weighted by atomic mass is 9.59. The third-order valence-corrected chi connectivity index (χ3v) is 7.44. The molecular formula is C24H26FN. The van der Waals surface area contributed by atoms with Gasteiger partial charge in [-0.2, -0.15) is 0 Å². The van der Waals surface area contributed by atoms with Crippen LogP contribution in [-0.4, -0.2) is 4.98 Å². The van der Waals surface area contributed by atoms with E-state index in [1.165, 1.54) is 0 Å². The summed E-state index contributed by atoms with van der Waals surface area (Å²) in [6.07, 6.45) is 1.87. The van der Waals surface area contributed by atoms with Crippen molar-refractivity contribution in [1.29, 1.82) is 0 Å². The fourth-order valence-corrected chi connectivity index (χ4v) is 4.55. The standard InChI is InChI=1S/C24H26FN/c1-22(2)18-11-17(12-19(25)21(18)23(3,4)24(22,5)6)20-13-15-9-7-8-10-16(15)14-26-20/h7-14H,1-6H3. The average Bonchev–Trinajstić information content (AvgIpc) is 2.69. The molecule has 0 amide bonds. The van der Waals surface area contributed by atoms with E-state index in [0.717, 1.165) is 33.2 Å². The van der Waals surface area contributed by atoms with Gasteiger partial charge in [-0.25, -0.2) is 4.39 Å². The normalized spacial score (nSPS) is 19.5. The van der Waals surface area contributed by atoms with E-state index in [4.69, 9.17) is 0 Å². The molecule has 134 valence electrons. The van der Waals surface area contributed by atoms with Gasteiger partial charge in [0.25, 0.3) is 0 Å². The van der Waals surface area contributed by atoms with Crippen molar-refractivity contribution in [3.05, 3.63) is 65.6 Å². The number of rotatable bonds is 1. The minimum atomic E-state index is -0.231. The zero-order chi connectivity index (χ0) is 18.9. The molecule has 0 aliphatic heterocycles. The van der Waals surface area contributed by atoms with Crippen molar-refractivity contribution in [3.8, 4) is 11.3 Å². The Morgan fingerprint density at radius 1 is 0.808 bits per heavy atom. The summed E-state index contributed by atoms with van der Waals surface area (Å²) in [7, 11) is 0. The third kappa shape index (κ3) is 2.05. The first-order valence-electron chi connectivity index (χ1n) is 9.27. The van der Waals surface area contributed by atoms with Crippen LogP contribution < -0.4 is 0 Å². The molecule has 4 rings (SSSR count). The number of benzene rings is 2. The topological polar surface area (TPSA) is 12.9 Å². The van der Waals surface area contributed by atoms with E-state index in [2.05, 4.69) is 64.7 Å². The molecule has 1 nitrogen and oxygen atoms in total. The Hall–Kier alpha value is -2.22. The third-order valence-electron chi connectivity index (χ3n) is 7.44. The molecule has 1 aliphatic carbocycles. The van der Waals surface area contributed by atoms with E-state index in [0.29, 0.717) is 0 Å². The minimum absolute atomic E-state index is 0.0569. The SMILES string of the molecule is CC1(C)c2cc(-c3cc4ccccc4cn3)cc(F)c2C(C)(C)C1(C)C. The van der Waals surface area contributed by atoms with Gasteiger partial charge in [-0.3, -0.25) is 4.98 Å². The van der Waals surface area contributed by atoms with Crippen LogP contribution in [0.15, 0.2) is 48.7 Å². The molecule has 0 saturated carbocycles. The van der Waals surface area contributed by atoms with Crippen LogP contribution in [0.4, 0.5) is 4.39 Å². The molecule has 3 aromatic rings. The maximum atomic E-state index is 15.3. The summed E-state index contributed by atoms with van der Waals surface area (Å²) in [5.41, 5.74) is 3.23. The van der Waals surface area contributed by atoms with Crippen LogP contribution in [-0.2, 0) is 10.8 Å². The fourth-order valence-electron chi connectivity index (χ4n) is 4.55. The van der Waals surface area contributed by atoms with Gasteiger partial charge in [0.1, 0.15) is 5.82 Å². The number of halogens is 1. The second-order valence-corrected chi connectivity index (χ2v) is 9.17. The monoisotopic (exact) mass is 347 g/mol. The lowest BCUT2D eigenvalue weighted by Gasteiger charge is -2.44. The van der Waals surface area contributed by atoms with Crippen molar-refractivity contribution in [1.82, 2.24) is 4.98 Å². The Labute approximate surface area is 155 Å². The van der Waals surface area contributed by atoms with Gasteiger partial charge in [-0.15, -0.1) is 0 Å². The second kappa shape index (κ2) is 5.16. The van der Waals surface area contributed by atoms with Gasteiger partial charge < -0.3 is 0 Å². The van der Waals surface area contributed by atoms with Crippen molar-refractivity contribution >= 4 is 10.8 Å². The Balaban J connectivity index is 1.96. The van der Waals surface area contributed by atoms with Gasteiger partial charge in [-0.05, 0) is 51.0 Å². The maximum absolute atomic E-state index is 15.3. The smallest absolute Gasteiger partial charge is 0.127 e. The van der Waals surface area contributed by atoms with Crippen molar-refractivity contribution in [2.24, 2.45) is 5.41 Å². The van der Waals surface area contributed by atoms with Gasteiger partial charge in [0.05, 0.1) is 5.69 Å². The summed E-state index contributed by atoms with van der Waals surface area (Å²) in [5.74, 6) is -0.115. The van der Waals surface area contributed by atoms with Crippen molar-refractivity contribution in [2.75, 3.05) is 0 Å². The lowest BCUT2D eigenvalue weighted by molar-refractivity contribution is 0.123. The fraction of sp³-hybridized carbons (Fsp3) is 0.375. The van der Waals surface area contributed by atoms with E-state index >= 15 is 4.39 Å². The summed E-state index contributed by atoms with van der Waals surface area (Å²) in [6, 6.07) is 14.0. The lowest BCUT2D eigenvalue weighted by Crippen LogP contribution is -2.42. The highest BCUT2D eigenvalue weighted by Crippen LogP contribution is 2.62. The summed E-state index contributed by atoms with van der Waals surface area (Å²) in [5, 5.41) is 2.22. The van der Waals surface area contributed by atoms with Crippen molar-refractivity contribution in [2.45, 2.75) is 52.4 Å². The van der Waals surface area contributed by atoms with E-state index in [9.17, 15) is 0 Å². The maximum Gasteiger partial charge on any atom is 0.127 e. The summed E-state index contributed by atoms with van der Waals surface area (Å²) >= 11 is 0. The van der Waals surface area contributed by atoms with Crippen molar-refractivity contribution in [3.63, 3.8) is 0 Å².